The van der Waals surface area contributed by atoms with E-state index in [4.69, 9.17) is 4.18 Å². The number of hydrogen-bond donors (Lipinski definition) is 0. The first-order valence-corrected chi connectivity index (χ1v) is 6.86. The Labute approximate surface area is 85.0 Å². The molecule has 2 bridgehead atoms. The van der Waals surface area contributed by atoms with Crippen molar-refractivity contribution in [3.8, 4) is 0 Å². The van der Waals surface area contributed by atoms with Crippen LogP contribution in [0.3, 0.4) is 0 Å². The molecule has 0 amide bonds. The second-order valence-corrected chi connectivity index (χ2v) is 7.23. The van der Waals surface area contributed by atoms with Crippen molar-refractivity contribution in [2.24, 2.45) is 16.7 Å². The van der Waals surface area contributed by atoms with Crippen LogP contribution in [0, 0.1) is 16.7 Å². The van der Waals surface area contributed by atoms with Gasteiger partial charge < -0.3 is 0 Å². The Bertz CT molecular complexity index is 384. The fourth-order valence-corrected chi connectivity index (χ4v) is 6.02. The molecule has 3 aliphatic rings. The van der Waals surface area contributed by atoms with Crippen LogP contribution in [0.25, 0.3) is 0 Å². The van der Waals surface area contributed by atoms with Crippen molar-refractivity contribution in [3.63, 3.8) is 0 Å². The van der Waals surface area contributed by atoms with Crippen LogP contribution in [0.2, 0.25) is 0 Å². The monoisotopic (exact) mass is 216 g/mol. The highest BCUT2D eigenvalue weighted by Gasteiger charge is 2.69. The Morgan fingerprint density at radius 1 is 1.36 bits per heavy atom. The van der Waals surface area contributed by atoms with Crippen LogP contribution in [0.5, 0.6) is 0 Å². The van der Waals surface area contributed by atoms with E-state index in [1.165, 1.54) is 6.42 Å². The fraction of sp³-hybridized carbons (Fsp3) is 1.00. The summed E-state index contributed by atoms with van der Waals surface area (Å²) in [5, 5.41) is 0. The summed E-state index contributed by atoms with van der Waals surface area (Å²) in [4.78, 5) is 0. The third-order valence-electron chi connectivity index (χ3n) is 5.05. The molecular weight excluding hydrogens is 200 g/mol. The second-order valence-electron chi connectivity index (χ2n) is 5.64. The molecular formula is C10H16O3S. The van der Waals surface area contributed by atoms with Crippen LogP contribution in [-0.2, 0) is 14.3 Å². The maximum atomic E-state index is 11.5. The Morgan fingerprint density at radius 2 is 2.07 bits per heavy atom. The summed E-state index contributed by atoms with van der Waals surface area (Å²) in [5.74, 6) is 0.928. The first-order valence-electron chi connectivity index (χ1n) is 5.28. The largest absolute Gasteiger partial charge is 0.268 e. The molecule has 2 aliphatic carbocycles. The Kier molecular flexibility index (Phi) is 1.43. The molecule has 3 nitrogen and oxygen atoms in total. The summed E-state index contributed by atoms with van der Waals surface area (Å²) in [6.45, 7) is 4.43. The Morgan fingerprint density at radius 3 is 2.64 bits per heavy atom. The van der Waals surface area contributed by atoms with Crippen molar-refractivity contribution in [2.45, 2.75) is 39.2 Å². The van der Waals surface area contributed by atoms with Crippen LogP contribution in [0.15, 0.2) is 0 Å². The van der Waals surface area contributed by atoms with Gasteiger partial charge in [0.15, 0.2) is 0 Å². The first-order chi connectivity index (χ1) is 6.37. The first kappa shape index (κ1) is 9.16. The van der Waals surface area contributed by atoms with Crippen LogP contribution in [0.1, 0.15) is 33.1 Å². The smallest absolute Gasteiger partial charge is 0.266 e. The maximum absolute atomic E-state index is 11.5. The molecule has 4 heteroatoms. The van der Waals surface area contributed by atoms with E-state index in [1.807, 2.05) is 0 Å². The van der Waals surface area contributed by atoms with Crippen LogP contribution in [-0.4, -0.2) is 20.3 Å². The minimum Gasteiger partial charge on any atom is -0.266 e. The van der Waals surface area contributed by atoms with Gasteiger partial charge in [-0.1, -0.05) is 13.8 Å². The van der Waals surface area contributed by atoms with Gasteiger partial charge in [0, 0.05) is 5.41 Å². The van der Waals surface area contributed by atoms with Gasteiger partial charge >= 0.3 is 0 Å². The van der Waals surface area contributed by atoms with Crippen molar-refractivity contribution in [3.05, 3.63) is 0 Å². The lowest BCUT2D eigenvalue weighted by Gasteiger charge is -2.35. The van der Waals surface area contributed by atoms with Crippen molar-refractivity contribution in [1.29, 1.82) is 0 Å². The van der Waals surface area contributed by atoms with Gasteiger partial charge in [-0.2, -0.15) is 8.42 Å². The Hall–Kier alpha value is -0.0900. The van der Waals surface area contributed by atoms with Gasteiger partial charge in [-0.25, -0.2) is 0 Å². The highest BCUT2D eigenvalue weighted by Crippen LogP contribution is 2.69. The van der Waals surface area contributed by atoms with E-state index in [0.29, 0.717) is 5.92 Å². The standard InChI is InChI=1S/C10H16O3S/c1-9(2)7-3-4-10(9)6-14(11,12)13-8(10)5-7/h7-8H,3-6H2,1-2H3/t7-,8-,10-/m1/s1. The molecule has 1 spiro atoms. The quantitative estimate of drug-likeness (QED) is 0.577. The predicted octanol–water partition coefficient (Wildman–Crippen LogP) is 1.54. The van der Waals surface area contributed by atoms with Gasteiger partial charge in [0.05, 0.1) is 11.9 Å². The normalized spacial score (nSPS) is 52.1. The fourth-order valence-electron chi connectivity index (χ4n) is 4.00. The molecule has 0 N–H and O–H groups in total. The van der Waals surface area contributed by atoms with Crippen molar-refractivity contribution in [2.75, 3.05) is 5.75 Å². The summed E-state index contributed by atoms with van der Waals surface area (Å²) in [6, 6.07) is 0. The average Bonchev–Trinajstić information content (AvgIpc) is 2.50. The molecule has 0 unspecified atom stereocenters. The lowest BCUT2D eigenvalue weighted by Crippen LogP contribution is -2.37. The summed E-state index contributed by atoms with van der Waals surface area (Å²) in [7, 11) is -3.22. The highest BCUT2D eigenvalue weighted by atomic mass is 32.2. The minimum absolute atomic E-state index is 0.0127. The molecule has 2 saturated carbocycles. The molecule has 14 heavy (non-hydrogen) atoms. The lowest BCUT2D eigenvalue weighted by molar-refractivity contribution is 0.0715. The molecule has 0 aromatic heterocycles. The second kappa shape index (κ2) is 2.19. The number of hydrogen-bond acceptors (Lipinski definition) is 3. The molecule has 3 rings (SSSR count). The molecule has 0 radical (unpaired) electrons. The summed E-state index contributed by atoms with van der Waals surface area (Å²) in [6.07, 6.45) is 3.16. The van der Waals surface area contributed by atoms with Gasteiger partial charge in [0.25, 0.3) is 10.1 Å². The van der Waals surface area contributed by atoms with E-state index in [9.17, 15) is 8.42 Å². The van der Waals surface area contributed by atoms with Crippen LogP contribution >= 0.6 is 0 Å². The molecule has 0 aromatic rings. The number of rotatable bonds is 0. The van der Waals surface area contributed by atoms with Crippen LogP contribution < -0.4 is 0 Å². The van der Waals surface area contributed by atoms with Crippen molar-refractivity contribution in [1.82, 2.24) is 0 Å². The van der Waals surface area contributed by atoms with Crippen molar-refractivity contribution < 1.29 is 12.6 Å². The SMILES string of the molecule is CC1(C)[C@@H]2CC[C@]13CS(=O)(=O)O[C@@H]3C2. The summed E-state index contributed by atoms with van der Waals surface area (Å²) in [5.41, 5.74) is 0.0950. The number of fused-ring (bicyclic) bond motifs is 1. The van der Waals surface area contributed by atoms with E-state index >= 15 is 0 Å². The third-order valence-corrected chi connectivity index (χ3v) is 6.45. The van der Waals surface area contributed by atoms with E-state index in [-0.39, 0.29) is 22.7 Å². The van der Waals surface area contributed by atoms with Gasteiger partial charge in [-0.3, -0.25) is 4.18 Å². The summed E-state index contributed by atoms with van der Waals surface area (Å²) < 4.78 is 28.2. The Balaban J connectivity index is 2.13. The molecule has 80 valence electrons. The van der Waals surface area contributed by atoms with E-state index in [1.54, 1.807) is 0 Å². The van der Waals surface area contributed by atoms with Crippen LogP contribution in [0.4, 0.5) is 0 Å². The third kappa shape index (κ3) is 0.807. The molecule has 1 heterocycles. The molecule has 3 fully saturated rings. The summed E-state index contributed by atoms with van der Waals surface area (Å²) >= 11 is 0. The zero-order valence-corrected chi connectivity index (χ0v) is 9.43. The van der Waals surface area contributed by atoms with Crippen molar-refractivity contribution >= 4 is 10.1 Å². The van der Waals surface area contributed by atoms with Gasteiger partial charge in [-0.05, 0) is 30.6 Å². The average molecular weight is 216 g/mol. The molecule has 0 aromatic carbocycles. The lowest BCUT2D eigenvalue weighted by atomic mass is 9.70. The topological polar surface area (TPSA) is 43.4 Å². The van der Waals surface area contributed by atoms with Gasteiger partial charge in [-0.15, -0.1) is 0 Å². The predicted molar refractivity (Wildman–Crippen MR) is 52.2 cm³/mol. The van der Waals surface area contributed by atoms with E-state index < -0.39 is 10.1 Å². The zero-order valence-electron chi connectivity index (χ0n) is 8.62. The van der Waals surface area contributed by atoms with Gasteiger partial charge in [0.2, 0.25) is 0 Å². The molecule has 1 saturated heterocycles. The highest BCUT2D eigenvalue weighted by molar-refractivity contribution is 7.87. The minimum atomic E-state index is -3.22. The molecule has 3 atom stereocenters. The maximum Gasteiger partial charge on any atom is 0.268 e. The van der Waals surface area contributed by atoms with E-state index in [2.05, 4.69) is 13.8 Å². The molecule has 1 aliphatic heterocycles. The van der Waals surface area contributed by atoms with Gasteiger partial charge in [0.1, 0.15) is 0 Å². The van der Waals surface area contributed by atoms with E-state index in [0.717, 1.165) is 12.8 Å². The zero-order chi connectivity index (χ0) is 10.2.